The van der Waals surface area contributed by atoms with E-state index in [1.807, 2.05) is 23.6 Å². The van der Waals surface area contributed by atoms with E-state index in [9.17, 15) is 0 Å². The minimum absolute atomic E-state index is 0.0255. The van der Waals surface area contributed by atoms with Gasteiger partial charge in [-0.25, -0.2) is 4.98 Å². The van der Waals surface area contributed by atoms with Crippen LogP contribution in [0.5, 0.6) is 11.5 Å². The van der Waals surface area contributed by atoms with Gasteiger partial charge in [0.1, 0.15) is 28.7 Å². The van der Waals surface area contributed by atoms with E-state index in [0.29, 0.717) is 0 Å². The van der Waals surface area contributed by atoms with Crippen molar-refractivity contribution in [1.82, 2.24) is 14.1 Å². The van der Waals surface area contributed by atoms with E-state index < -0.39 is 0 Å². The van der Waals surface area contributed by atoms with Crippen molar-refractivity contribution in [3.8, 4) is 28.7 Å². The molecule has 268 valence electrons. The summed E-state index contributed by atoms with van der Waals surface area (Å²) in [5.41, 5.74) is 11.8. The number of imidazole rings is 1. The van der Waals surface area contributed by atoms with E-state index in [1.165, 1.54) is 64.4 Å². The first kappa shape index (κ1) is 33.3. The molecule has 10 rings (SSSR count). The van der Waals surface area contributed by atoms with Gasteiger partial charge in [0.05, 0.1) is 11.0 Å². The summed E-state index contributed by atoms with van der Waals surface area (Å²) in [5, 5.41) is 4.90. The Bertz CT molecular complexity index is 3130. The highest BCUT2D eigenvalue weighted by molar-refractivity contribution is 7.26. The Morgan fingerprint density at radius 1 is 0.655 bits per heavy atom. The average Bonchev–Trinajstić information content (AvgIpc) is 3.84. The van der Waals surface area contributed by atoms with Crippen LogP contribution in [0.3, 0.4) is 0 Å². The number of rotatable bonds is 5. The molecule has 0 bridgehead atoms. The van der Waals surface area contributed by atoms with Crippen molar-refractivity contribution in [2.75, 3.05) is 0 Å². The van der Waals surface area contributed by atoms with Crippen LogP contribution in [0.4, 0.5) is 0 Å². The molecular formula is C49H41N4OS+. The molecule has 0 fully saturated rings. The van der Waals surface area contributed by atoms with Crippen LogP contribution in [0.1, 0.15) is 43.0 Å². The van der Waals surface area contributed by atoms with Crippen LogP contribution < -0.4 is 9.30 Å². The molecule has 0 unspecified atom stereocenters. The van der Waals surface area contributed by atoms with E-state index in [1.54, 1.807) is 0 Å². The number of hydrogen-bond acceptors (Lipinski definition) is 3. The number of nitrogens with zero attached hydrogens (tertiary/aromatic N) is 4. The maximum atomic E-state index is 6.76. The average molecular weight is 734 g/mol. The lowest BCUT2D eigenvalue weighted by Crippen LogP contribution is -2.31. The first-order valence-electron chi connectivity index (χ1n) is 18.9. The third-order valence-corrected chi connectivity index (χ3v) is 12.1. The van der Waals surface area contributed by atoms with Gasteiger partial charge in [0, 0.05) is 49.3 Å². The number of hydrogen-bond donors (Lipinski definition) is 0. The molecule has 0 aliphatic rings. The van der Waals surface area contributed by atoms with Crippen LogP contribution in [0.2, 0.25) is 0 Å². The molecule has 0 amide bonds. The van der Waals surface area contributed by atoms with Crippen LogP contribution in [-0.2, 0) is 5.41 Å². The summed E-state index contributed by atoms with van der Waals surface area (Å²) in [6, 6.07) is 45.6. The Labute approximate surface area is 324 Å². The highest BCUT2D eigenvalue weighted by atomic mass is 32.1. The largest absolute Gasteiger partial charge is 0.457 e. The van der Waals surface area contributed by atoms with Gasteiger partial charge in [0.2, 0.25) is 0 Å². The van der Waals surface area contributed by atoms with Gasteiger partial charge in [-0.15, -0.1) is 11.3 Å². The number of aryl methyl sites for hydroxylation is 3. The third-order valence-electron chi connectivity index (χ3n) is 10.9. The summed E-state index contributed by atoms with van der Waals surface area (Å²) < 4.78 is 16.2. The molecule has 6 aromatic carbocycles. The number of fused-ring (bicyclic) bond motifs is 8. The minimum atomic E-state index is -0.0255. The second-order valence-electron chi connectivity index (χ2n) is 15.8. The van der Waals surface area contributed by atoms with Gasteiger partial charge in [-0.05, 0) is 104 Å². The fourth-order valence-corrected chi connectivity index (χ4v) is 9.59. The minimum Gasteiger partial charge on any atom is -0.457 e. The molecule has 0 N–H and O–H groups in total. The van der Waals surface area contributed by atoms with Gasteiger partial charge in [0.15, 0.2) is 11.0 Å². The lowest BCUT2D eigenvalue weighted by molar-refractivity contribution is -0.568. The number of thiophene rings is 1. The summed E-state index contributed by atoms with van der Waals surface area (Å²) in [6.07, 6.45) is 4.15. The van der Waals surface area contributed by atoms with E-state index in [2.05, 4.69) is 183 Å². The number of pyridine rings is 1. The van der Waals surface area contributed by atoms with Crippen molar-refractivity contribution in [2.24, 2.45) is 0 Å². The summed E-state index contributed by atoms with van der Waals surface area (Å²) in [7, 11) is 0. The summed E-state index contributed by atoms with van der Waals surface area (Å²) in [5.74, 6) is 2.44. The van der Waals surface area contributed by atoms with Crippen molar-refractivity contribution in [1.29, 1.82) is 0 Å². The molecule has 0 aliphatic carbocycles. The molecule has 0 radical (unpaired) electrons. The third kappa shape index (κ3) is 5.43. The van der Waals surface area contributed by atoms with Crippen LogP contribution in [0, 0.1) is 20.8 Å². The molecule has 0 atom stereocenters. The normalized spacial score (nSPS) is 12.2. The topological polar surface area (TPSA) is 35.9 Å². The lowest BCUT2D eigenvalue weighted by Gasteiger charge is -2.20. The van der Waals surface area contributed by atoms with E-state index >= 15 is 0 Å². The van der Waals surface area contributed by atoms with Crippen molar-refractivity contribution in [3.05, 3.63) is 162 Å². The molecule has 4 aromatic heterocycles. The number of ether oxygens (including phenoxy) is 1. The van der Waals surface area contributed by atoms with Gasteiger partial charge < -0.3 is 4.74 Å². The first-order chi connectivity index (χ1) is 26.6. The van der Waals surface area contributed by atoms with Crippen molar-refractivity contribution >= 4 is 64.3 Å². The molecule has 0 aliphatic heterocycles. The molecule has 0 saturated carbocycles. The monoisotopic (exact) mass is 733 g/mol. The van der Waals surface area contributed by atoms with Gasteiger partial charge in [-0.2, -0.15) is 9.13 Å². The van der Waals surface area contributed by atoms with Gasteiger partial charge in [-0.1, -0.05) is 80.9 Å². The Kier molecular flexibility index (Phi) is 7.52. The summed E-state index contributed by atoms with van der Waals surface area (Å²) in [4.78, 5) is 5.01. The lowest BCUT2D eigenvalue weighted by atomic mass is 9.88. The highest BCUT2D eigenvalue weighted by Gasteiger charge is 2.24. The van der Waals surface area contributed by atoms with Crippen LogP contribution in [0.15, 0.2) is 140 Å². The standard InChI is InChI=1S/C49H41N4OS/c1-30-24-31(2)47(32(3)25-30)52-29-51(40-15-8-9-16-41(40)52)34-12-11-13-35(27-34)54-36-18-19-37-38-20-21-44-46(39-14-7-10-17-43(39)55-44)48(38)53(42(37)28-36)45-26-33(22-23-50-45)49(4,5)6/h7-29H,1-6H3/q+1. The first-order valence-corrected chi connectivity index (χ1v) is 19.7. The molecule has 0 spiro atoms. The molecule has 10 aromatic rings. The summed E-state index contributed by atoms with van der Waals surface area (Å²) in [6.45, 7) is 13.3. The van der Waals surface area contributed by atoms with Crippen LogP contribution >= 0.6 is 11.3 Å². The predicted octanol–water partition coefficient (Wildman–Crippen LogP) is 12.8. The maximum absolute atomic E-state index is 6.76. The molecule has 4 heterocycles. The fourth-order valence-electron chi connectivity index (χ4n) is 8.48. The maximum Gasteiger partial charge on any atom is 0.255 e. The Morgan fingerprint density at radius 3 is 2.25 bits per heavy atom. The fraction of sp³-hybridized carbons (Fsp3) is 0.143. The highest BCUT2D eigenvalue weighted by Crippen LogP contribution is 2.44. The number of benzene rings is 6. The molecular weight excluding hydrogens is 693 g/mol. The number of aromatic nitrogens is 4. The Balaban J connectivity index is 1.13. The second kappa shape index (κ2) is 12.4. The smallest absolute Gasteiger partial charge is 0.255 e. The predicted molar refractivity (Wildman–Crippen MR) is 229 cm³/mol. The van der Waals surface area contributed by atoms with Gasteiger partial charge in [-0.3, -0.25) is 4.57 Å². The molecule has 55 heavy (non-hydrogen) atoms. The zero-order valence-corrected chi connectivity index (χ0v) is 32.7. The van der Waals surface area contributed by atoms with E-state index in [4.69, 9.17) is 9.72 Å². The SMILES string of the molecule is Cc1cc(C)c(-[n+]2cn(-c3cccc(Oc4ccc5c6ccc7sc8ccccc8c7c6n(-c6cc(C(C)(C)C)ccn6)c5c4)c3)c3ccccc32)c(C)c1. The van der Waals surface area contributed by atoms with E-state index in [-0.39, 0.29) is 5.41 Å². The molecule has 6 heteroatoms. The number of para-hydroxylation sites is 2. The van der Waals surface area contributed by atoms with Gasteiger partial charge >= 0.3 is 0 Å². The van der Waals surface area contributed by atoms with Crippen molar-refractivity contribution in [2.45, 2.75) is 47.0 Å². The molecule has 5 nitrogen and oxygen atoms in total. The van der Waals surface area contributed by atoms with E-state index in [0.717, 1.165) is 39.6 Å². The van der Waals surface area contributed by atoms with Crippen LogP contribution in [0.25, 0.3) is 70.2 Å². The van der Waals surface area contributed by atoms with Crippen LogP contribution in [-0.4, -0.2) is 14.1 Å². The Hall–Kier alpha value is -6.24. The molecule has 0 saturated heterocycles. The quantitative estimate of drug-likeness (QED) is 0.165. The zero-order valence-electron chi connectivity index (χ0n) is 31.9. The van der Waals surface area contributed by atoms with Crippen molar-refractivity contribution in [3.63, 3.8) is 0 Å². The van der Waals surface area contributed by atoms with Crippen molar-refractivity contribution < 1.29 is 9.30 Å². The summed E-state index contributed by atoms with van der Waals surface area (Å²) >= 11 is 1.84. The second-order valence-corrected chi connectivity index (χ2v) is 16.9. The Morgan fingerprint density at radius 2 is 1.42 bits per heavy atom. The van der Waals surface area contributed by atoms with Gasteiger partial charge in [0.25, 0.3) is 6.33 Å². The zero-order chi connectivity index (χ0) is 37.6.